The molecule has 0 spiro atoms. The molecular weight excluding hydrogens is 565 g/mol. The average molecular weight is 572 g/mol. The first kappa shape index (κ1) is 15.4. The number of halogens is 3. The van der Waals surface area contributed by atoms with Crippen molar-refractivity contribution in [2.24, 2.45) is 0 Å². The van der Waals surface area contributed by atoms with Crippen LogP contribution in [0.5, 0.6) is 5.75 Å². The summed E-state index contributed by atoms with van der Waals surface area (Å²) < 4.78 is 7.15. The van der Waals surface area contributed by atoms with Crippen molar-refractivity contribution in [3.63, 3.8) is 0 Å². The Balaban J connectivity index is 3.12. The maximum Gasteiger partial charge on any atom is 0.339 e. The summed E-state index contributed by atoms with van der Waals surface area (Å²) >= 11 is 6.04. The van der Waals surface area contributed by atoms with E-state index >= 15 is 0 Å². The average Bonchev–Trinajstić information content (AvgIpc) is 2.21. The smallest absolute Gasteiger partial charge is 0.339 e. The van der Waals surface area contributed by atoms with Gasteiger partial charge in [0, 0.05) is 8.00 Å². The molecule has 92 valence electrons. The van der Waals surface area contributed by atoms with Crippen LogP contribution in [-0.2, 0) is 4.79 Å². The first-order valence-electron chi connectivity index (χ1n) is 4.44. The van der Waals surface area contributed by atoms with Crippen LogP contribution in [-0.4, -0.2) is 21.5 Å². The van der Waals surface area contributed by atoms with Gasteiger partial charge < -0.3 is 9.84 Å². The molecule has 0 atom stereocenters. The molecule has 1 N–H and O–H groups in total. The highest BCUT2D eigenvalue weighted by molar-refractivity contribution is 14.1. The third-order valence-electron chi connectivity index (χ3n) is 1.75. The molecule has 0 heterocycles. The Kier molecular flexibility index (Phi) is 6.40. The van der Waals surface area contributed by atoms with Gasteiger partial charge in [-0.25, -0.2) is 4.79 Å². The lowest BCUT2D eigenvalue weighted by Gasteiger charge is -2.09. The van der Waals surface area contributed by atoms with Crippen molar-refractivity contribution in [3.8, 4) is 5.75 Å². The van der Waals surface area contributed by atoms with Crippen molar-refractivity contribution < 1.29 is 19.4 Å². The van der Waals surface area contributed by atoms with E-state index in [1.54, 1.807) is 6.07 Å². The van der Waals surface area contributed by atoms with Crippen LogP contribution < -0.4 is 4.74 Å². The molecule has 0 aliphatic carbocycles. The van der Waals surface area contributed by atoms with Gasteiger partial charge in [0.25, 0.3) is 0 Å². The number of esters is 1. The van der Waals surface area contributed by atoms with Gasteiger partial charge in [-0.2, -0.15) is 0 Å². The largest absolute Gasteiger partial charge is 0.478 e. The molecule has 17 heavy (non-hydrogen) atoms. The lowest BCUT2D eigenvalue weighted by Crippen LogP contribution is -2.12. The maximum absolute atomic E-state index is 11.4. The van der Waals surface area contributed by atoms with Gasteiger partial charge in [0.2, 0.25) is 0 Å². The summed E-state index contributed by atoms with van der Waals surface area (Å²) in [6, 6.07) is 3.25. The molecule has 0 saturated heterocycles. The monoisotopic (exact) mass is 572 g/mol. The highest BCUT2D eigenvalue weighted by atomic mass is 127. The summed E-state index contributed by atoms with van der Waals surface area (Å²) in [6.45, 7) is 0. The molecule has 1 rings (SSSR count). The van der Waals surface area contributed by atoms with Crippen molar-refractivity contribution in [3.05, 3.63) is 24.8 Å². The lowest BCUT2D eigenvalue weighted by atomic mass is 10.2. The van der Waals surface area contributed by atoms with E-state index in [1.807, 2.05) is 45.2 Å². The molecule has 7 heteroatoms. The molecule has 0 aliphatic heterocycles. The molecule has 0 aromatic heterocycles. The van der Waals surface area contributed by atoms with Crippen LogP contribution in [0.4, 0.5) is 0 Å². The normalized spacial score (nSPS) is 10.1. The van der Waals surface area contributed by atoms with Crippen LogP contribution >= 0.6 is 67.8 Å². The maximum atomic E-state index is 11.4. The highest BCUT2D eigenvalue weighted by Gasteiger charge is 2.18. The number of carboxylic acids is 1. The van der Waals surface area contributed by atoms with E-state index in [4.69, 9.17) is 9.84 Å². The Labute approximate surface area is 139 Å². The van der Waals surface area contributed by atoms with Crippen LogP contribution in [0.15, 0.2) is 12.1 Å². The fraction of sp³-hybridized carbons (Fsp3) is 0.200. The van der Waals surface area contributed by atoms with Crippen molar-refractivity contribution >= 4 is 79.7 Å². The predicted octanol–water partition coefficient (Wildman–Crippen LogP) is 3.32. The molecule has 0 unspecified atom stereocenters. The molecule has 0 amide bonds. The number of benzene rings is 1. The van der Waals surface area contributed by atoms with Crippen LogP contribution in [0, 0.1) is 7.14 Å². The number of hydrogen-bond acceptors (Lipinski definition) is 3. The third-order valence-corrected chi connectivity index (χ3v) is 3.72. The first-order chi connectivity index (χ1) is 7.95. The van der Waals surface area contributed by atoms with Crippen molar-refractivity contribution in [2.75, 3.05) is 4.43 Å². The fourth-order valence-corrected chi connectivity index (χ4v) is 3.46. The number of ether oxygens (including phenoxy) is 1. The molecule has 0 fully saturated rings. The van der Waals surface area contributed by atoms with E-state index in [2.05, 4.69) is 22.6 Å². The SMILES string of the molecule is O=C(CCI)Oc1c(I)cc(I)cc1C(=O)O. The minimum absolute atomic E-state index is 0.0168. The summed E-state index contributed by atoms with van der Waals surface area (Å²) in [5.41, 5.74) is 0.0168. The van der Waals surface area contributed by atoms with Gasteiger partial charge in [0.1, 0.15) is 5.56 Å². The molecule has 0 aliphatic rings. The summed E-state index contributed by atoms with van der Waals surface area (Å²) in [6.07, 6.45) is 0.266. The Bertz CT molecular complexity index is 459. The number of carbonyl (C=O) groups excluding carboxylic acids is 1. The molecule has 1 aromatic rings. The first-order valence-corrected chi connectivity index (χ1v) is 8.13. The topological polar surface area (TPSA) is 63.6 Å². The minimum Gasteiger partial charge on any atom is -0.478 e. The highest BCUT2D eigenvalue weighted by Crippen LogP contribution is 2.28. The second-order valence-electron chi connectivity index (χ2n) is 2.98. The zero-order valence-corrected chi connectivity index (χ0v) is 14.8. The minimum atomic E-state index is -1.10. The van der Waals surface area contributed by atoms with Crippen LogP contribution in [0.2, 0.25) is 0 Å². The summed E-state index contributed by atoms with van der Waals surface area (Å²) in [5.74, 6) is -1.38. The quantitative estimate of drug-likeness (QED) is 0.261. The van der Waals surface area contributed by atoms with Gasteiger partial charge in [-0.3, -0.25) is 4.79 Å². The van der Waals surface area contributed by atoms with Crippen LogP contribution in [0.1, 0.15) is 16.8 Å². The van der Waals surface area contributed by atoms with Crippen molar-refractivity contribution in [1.82, 2.24) is 0 Å². The van der Waals surface area contributed by atoms with Gasteiger partial charge in [-0.15, -0.1) is 0 Å². The standard InChI is InChI=1S/C10H7I3O4/c11-2-1-8(14)17-9-6(10(15)16)3-5(12)4-7(9)13/h3-4H,1-2H2,(H,15,16). The molecule has 0 saturated carbocycles. The molecule has 0 bridgehead atoms. The van der Waals surface area contributed by atoms with E-state index in [0.29, 0.717) is 8.00 Å². The zero-order chi connectivity index (χ0) is 13.0. The number of carboxylic acid groups (broad SMARTS) is 1. The third kappa shape index (κ3) is 4.50. The van der Waals surface area contributed by atoms with Gasteiger partial charge >= 0.3 is 11.9 Å². The predicted molar refractivity (Wildman–Crippen MR) is 88.0 cm³/mol. The summed E-state index contributed by atoms with van der Waals surface area (Å²) in [4.78, 5) is 22.5. The number of rotatable bonds is 4. The van der Waals surface area contributed by atoms with Crippen LogP contribution in [0.3, 0.4) is 0 Å². The van der Waals surface area contributed by atoms with E-state index < -0.39 is 11.9 Å². The van der Waals surface area contributed by atoms with E-state index in [9.17, 15) is 9.59 Å². The summed E-state index contributed by atoms with van der Waals surface area (Å²) in [7, 11) is 0. The molecule has 4 nitrogen and oxygen atoms in total. The molecule has 0 radical (unpaired) electrons. The summed E-state index contributed by atoms with van der Waals surface area (Å²) in [5, 5.41) is 9.06. The van der Waals surface area contributed by atoms with Gasteiger partial charge in [-0.05, 0) is 57.3 Å². The van der Waals surface area contributed by atoms with E-state index in [0.717, 1.165) is 3.57 Å². The Morgan fingerprint density at radius 1 is 1.29 bits per heavy atom. The van der Waals surface area contributed by atoms with Crippen LogP contribution in [0.25, 0.3) is 0 Å². The van der Waals surface area contributed by atoms with Crippen molar-refractivity contribution in [2.45, 2.75) is 6.42 Å². The van der Waals surface area contributed by atoms with Gasteiger partial charge in [-0.1, -0.05) is 22.6 Å². The Morgan fingerprint density at radius 3 is 2.47 bits per heavy atom. The van der Waals surface area contributed by atoms with E-state index in [1.165, 1.54) is 6.07 Å². The number of carbonyl (C=O) groups is 2. The van der Waals surface area contributed by atoms with E-state index in [-0.39, 0.29) is 17.7 Å². The second kappa shape index (κ2) is 7.07. The Morgan fingerprint density at radius 2 is 1.94 bits per heavy atom. The number of aromatic carboxylic acids is 1. The number of alkyl halides is 1. The fourth-order valence-electron chi connectivity index (χ4n) is 1.06. The molecular formula is C10H7I3O4. The van der Waals surface area contributed by atoms with Crippen molar-refractivity contribution in [1.29, 1.82) is 0 Å². The van der Waals surface area contributed by atoms with Gasteiger partial charge in [0.15, 0.2) is 5.75 Å². The second-order valence-corrected chi connectivity index (χ2v) is 6.47. The van der Waals surface area contributed by atoms with Gasteiger partial charge in [0.05, 0.1) is 9.99 Å². The number of hydrogen-bond donors (Lipinski definition) is 1. The Hall–Kier alpha value is 0.350. The lowest BCUT2D eigenvalue weighted by molar-refractivity contribution is -0.133. The molecule has 1 aromatic carbocycles. The zero-order valence-electron chi connectivity index (χ0n) is 8.37.